The molecule has 0 bridgehead atoms. The van der Waals surface area contributed by atoms with Gasteiger partial charge in [0.1, 0.15) is 5.82 Å². The van der Waals surface area contributed by atoms with Gasteiger partial charge in [0.05, 0.1) is 29.7 Å². The van der Waals surface area contributed by atoms with Gasteiger partial charge in [-0.15, -0.1) is 0 Å². The zero-order valence-corrected chi connectivity index (χ0v) is 13.5. The van der Waals surface area contributed by atoms with Gasteiger partial charge < -0.3 is 9.64 Å². The van der Waals surface area contributed by atoms with Crippen LogP contribution in [-0.2, 0) is 11.3 Å². The van der Waals surface area contributed by atoms with Gasteiger partial charge in [-0.05, 0) is 24.3 Å². The van der Waals surface area contributed by atoms with Crippen molar-refractivity contribution in [2.45, 2.75) is 12.6 Å². The normalized spacial score (nSPS) is 17.8. The fraction of sp³-hybridized carbons (Fsp3) is 0.294. The first-order chi connectivity index (χ1) is 12.2. The lowest BCUT2D eigenvalue weighted by molar-refractivity contribution is -0.384. The molecule has 3 heterocycles. The summed E-state index contributed by atoms with van der Waals surface area (Å²) in [4.78, 5) is 17.3. The van der Waals surface area contributed by atoms with Gasteiger partial charge in [-0.1, -0.05) is 0 Å². The number of hydrogen-bond acceptors (Lipinski definition) is 6. The Morgan fingerprint density at radius 1 is 1.32 bits per heavy atom. The third-order valence-electron chi connectivity index (χ3n) is 4.28. The largest absolute Gasteiger partial charge is 0.373 e. The molecule has 128 valence electrons. The first-order valence-corrected chi connectivity index (χ1v) is 8.08. The molecule has 4 rings (SSSR count). The first-order valence-electron chi connectivity index (χ1n) is 8.08. The molecule has 0 aliphatic carbocycles. The highest BCUT2D eigenvalue weighted by Crippen LogP contribution is 2.23. The van der Waals surface area contributed by atoms with Crippen LogP contribution in [-0.4, -0.2) is 45.5 Å². The molecule has 1 aliphatic rings. The molecule has 3 aromatic rings. The van der Waals surface area contributed by atoms with Crippen molar-refractivity contribution in [3.05, 3.63) is 58.9 Å². The minimum absolute atomic E-state index is 0.0445. The smallest absolute Gasteiger partial charge is 0.270 e. The minimum Gasteiger partial charge on any atom is -0.373 e. The fourth-order valence-electron chi connectivity index (χ4n) is 3.05. The second-order valence-electron chi connectivity index (χ2n) is 5.97. The van der Waals surface area contributed by atoms with Gasteiger partial charge in [0, 0.05) is 43.0 Å². The van der Waals surface area contributed by atoms with Crippen LogP contribution < -0.4 is 4.90 Å². The molecular weight excluding hydrogens is 322 g/mol. The molecule has 0 spiro atoms. The number of benzene rings is 1. The summed E-state index contributed by atoms with van der Waals surface area (Å²) >= 11 is 0. The Kier molecular flexibility index (Phi) is 4.02. The Labute approximate surface area is 143 Å². The number of hydrogen-bond donors (Lipinski definition) is 0. The lowest BCUT2D eigenvalue weighted by Gasteiger charge is -2.33. The highest BCUT2D eigenvalue weighted by molar-refractivity contribution is 5.82. The van der Waals surface area contributed by atoms with E-state index in [0.29, 0.717) is 13.2 Å². The predicted molar refractivity (Wildman–Crippen MR) is 92.6 cm³/mol. The highest BCUT2D eigenvalue weighted by atomic mass is 16.6. The van der Waals surface area contributed by atoms with Crippen molar-refractivity contribution in [2.24, 2.45) is 0 Å². The van der Waals surface area contributed by atoms with Gasteiger partial charge in [-0.25, -0.2) is 4.98 Å². The number of rotatable bonds is 4. The number of non-ortho nitro benzene ring substituents is 1. The van der Waals surface area contributed by atoms with Crippen molar-refractivity contribution in [3.8, 4) is 0 Å². The topological polar surface area (TPSA) is 86.3 Å². The summed E-state index contributed by atoms with van der Waals surface area (Å²) < 4.78 is 7.69. The number of fused-ring (bicyclic) bond motifs is 1. The lowest BCUT2D eigenvalue weighted by atomic mass is 10.2. The van der Waals surface area contributed by atoms with Crippen LogP contribution in [0.5, 0.6) is 0 Å². The average Bonchev–Trinajstić information content (AvgIpc) is 3.14. The number of aromatic nitrogens is 3. The first kappa shape index (κ1) is 15.5. The van der Waals surface area contributed by atoms with Crippen molar-refractivity contribution in [1.82, 2.24) is 14.8 Å². The zero-order valence-electron chi connectivity index (χ0n) is 13.5. The Morgan fingerprint density at radius 3 is 3.04 bits per heavy atom. The Bertz CT molecular complexity index is 896. The lowest BCUT2D eigenvalue weighted by Crippen LogP contribution is -2.44. The monoisotopic (exact) mass is 339 g/mol. The van der Waals surface area contributed by atoms with E-state index in [-0.39, 0.29) is 11.8 Å². The van der Waals surface area contributed by atoms with E-state index >= 15 is 0 Å². The molecule has 0 radical (unpaired) electrons. The number of nitro benzene ring substituents is 1. The quantitative estimate of drug-likeness (QED) is 0.535. The summed E-state index contributed by atoms with van der Waals surface area (Å²) in [7, 11) is 0. The maximum absolute atomic E-state index is 10.9. The van der Waals surface area contributed by atoms with E-state index < -0.39 is 4.92 Å². The SMILES string of the molecule is O=[N+]([O-])c1ccc2nc(N3CCOC(Cn4cccn4)C3)ccc2c1. The van der Waals surface area contributed by atoms with Crippen LogP contribution in [0.3, 0.4) is 0 Å². The molecule has 0 saturated carbocycles. The molecule has 0 amide bonds. The predicted octanol–water partition coefficient (Wildman–Crippen LogP) is 2.24. The maximum Gasteiger partial charge on any atom is 0.270 e. The van der Waals surface area contributed by atoms with Gasteiger partial charge >= 0.3 is 0 Å². The van der Waals surface area contributed by atoms with E-state index in [4.69, 9.17) is 4.74 Å². The summed E-state index contributed by atoms with van der Waals surface area (Å²) in [6, 6.07) is 10.4. The summed E-state index contributed by atoms with van der Waals surface area (Å²) in [5.74, 6) is 0.857. The van der Waals surface area contributed by atoms with E-state index in [1.165, 1.54) is 6.07 Å². The van der Waals surface area contributed by atoms with Crippen molar-refractivity contribution in [2.75, 3.05) is 24.6 Å². The number of nitrogens with zero attached hydrogens (tertiary/aromatic N) is 5. The minimum atomic E-state index is -0.394. The van der Waals surface area contributed by atoms with Crippen LogP contribution in [0, 0.1) is 10.1 Å². The number of morpholine rings is 1. The number of anilines is 1. The maximum atomic E-state index is 10.9. The summed E-state index contributed by atoms with van der Waals surface area (Å²) in [6.07, 6.45) is 3.72. The Hall–Kier alpha value is -3.00. The van der Waals surface area contributed by atoms with Crippen LogP contribution in [0.1, 0.15) is 0 Å². The highest BCUT2D eigenvalue weighted by Gasteiger charge is 2.22. The van der Waals surface area contributed by atoms with Gasteiger partial charge in [-0.3, -0.25) is 14.8 Å². The summed E-state index contributed by atoms with van der Waals surface area (Å²) in [5, 5.41) is 15.9. The number of ether oxygens (including phenoxy) is 1. The van der Waals surface area contributed by atoms with Crippen molar-refractivity contribution in [3.63, 3.8) is 0 Å². The average molecular weight is 339 g/mol. The van der Waals surface area contributed by atoms with Crippen LogP contribution >= 0.6 is 0 Å². The fourth-order valence-corrected chi connectivity index (χ4v) is 3.05. The van der Waals surface area contributed by atoms with Gasteiger partial charge in [0.2, 0.25) is 0 Å². The molecule has 1 fully saturated rings. The van der Waals surface area contributed by atoms with Crippen LogP contribution in [0.25, 0.3) is 10.9 Å². The van der Waals surface area contributed by atoms with Crippen LogP contribution in [0.4, 0.5) is 11.5 Å². The van der Waals surface area contributed by atoms with E-state index in [2.05, 4.69) is 15.0 Å². The molecule has 1 unspecified atom stereocenters. The number of nitro groups is 1. The van der Waals surface area contributed by atoms with Gasteiger partial charge in [0.15, 0.2) is 0 Å². The van der Waals surface area contributed by atoms with Crippen molar-refractivity contribution in [1.29, 1.82) is 0 Å². The van der Waals surface area contributed by atoms with Crippen molar-refractivity contribution < 1.29 is 9.66 Å². The second-order valence-corrected chi connectivity index (χ2v) is 5.97. The summed E-state index contributed by atoms with van der Waals surface area (Å²) in [6.45, 7) is 2.82. The molecule has 1 aromatic carbocycles. The van der Waals surface area contributed by atoms with E-state index in [1.54, 1.807) is 18.3 Å². The molecule has 1 saturated heterocycles. The summed E-state index contributed by atoms with van der Waals surface area (Å²) in [5.41, 5.74) is 0.825. The molecule has 1 atom stereocenters. The van der Waals surface area contributed by atoms with E-state index in [0.717, 1.165) is 29.8 Å². The van der Waals surface area contributed by atoms with E-state index in [1.807, 2.05) is 29.1 Å². The Morgan fingerprint density at radius 2 is 2.24 bits per heavy atom. The van der Waals surface area contributed by atoms with E-state index in [9.17, 15) is 10.1 Å². The molecule has 1 aliphatic heterocycles. The number of pyridine rings is 1. The second kappa shape index (κ2) is 6.48. The third kappa shape index (κ3) is 3.29. The zero-order chi connectivity index (χ0) is 17.2. The Balaban J connectivity index is 1.54. The molecule has 8 nitrogen and oxygen atoms in total. The van der Waals surface area contributed by atoms with Gasteiger partial charge in [0.25, 0.3) is 5.69 Å². The van der Waals surface area contributed by atoms with Crippen LogP contribution in [0.2, 0.25) is 0 Å². The standard InChI is InChI=1S/C17H17N5O3/c23-22(24)14-3-4-16-13(10-14)2-5-17(19-16)20-8-9-25-15(11-20)12-21-7-1-6-18-21/h1-7,10,15H,8-9,11-12H2. The van der Waals surface area contributed by atoms with Gasteiger partial charge in [-0.2, -0.15) is 5.10 Å². The molecular formula is C17H17N5O3. The molecule has 8 heteroatoms. The van der Waals surface area contributed by atoms with Crippen LogP contribution in [0.15, 0.2) is 48.8 Å². The molecule has 2 aromatic heterocycles. The molecule has 0 N–H and O–H groups in total. The van der Waals surface area contributed by atoms with Crippen molar-refractivity contribution >= 4 is 22.4 Å². The molecule has 25 heavy (non-hydrogen) atoms. The third-order valence-corrected chi connectivity index (χ3v) is 4.28.